The molecule has 106 valence electrons. The maximum atomic E-state index is 13.7. The van der Waals surface area contributed by atoms with Crippen LogP contribution in [-0.2, 0) is 0 Å². The third-order valence-electron chi connectivity index (χ3n) is 2.46. The molecule has 0 saturated heterocycles. The molecule has 0 aliphatic rings. The smallest absolute Gasteiger partial charge is 0.169 e. The van der Waals surface area contributed by atoms with Gasteiger partial charge in [0.2, 0.25) is 0 Å². The van der Waals surface area contributed by atoms with Crippen molar-refractivity contribution in [3.8, 4) is 0 Å². The lowest BCUT2D eigenvalue weighted by molar-refractivity contribution is 0.579. The van der Waals surface area contributed by atoms with E-state index in [1.54, 1.807) is 25.1 Å². The van der Waals surface area contributed by atoms with Gasteiger partial charge >= 0.3 is 0 Å². The van der Waals surface area contributed by atoms with E-state index >= 15 is 0 Å². The molecule has 0 saturated carbocycles. The van der Waals surface area contributed by atoms with Crippen LogP contribution in [0.15, 0.2) is 28.7 Å². The highest BCUT2D eigenvalue weighted by Crippen LogP contribution is 2.29. The molecule has 0 atom stereocenters. The molecule has 7 heteroatoms. The highest BCUT2D eigenvalue weighted by Gasteiger charge is 2.12. The second-order valence-electron chi connectivity index (χ2n) is 3.93. The Kier molecular flexibility index (Phi) is 4.77. The summed E-state index contributed by atoms with van der Waals surface area (Å²) < 4.78 is 27.9. The molecule has 0 aliphatic heterocycles. The van der Waals surface area contributed by atoms with Crippen molar-refractivity contribution in [2.75, 3.05) is 17.2 Å². The Morgan fingerprint density at radius 3 is 2.55 bits per heavy atom. The zero-order chi connectivity index (χ0) is 14.7. The number of rotatable bonds is 4. The normalized spacial score (nSPS) is 10.4. The molecule has 20 heavy (non-hydrogen) atoms. The first-order valence-electron chi connectivity index (χ1n) is 5.83. The minimum Gasteiger partial charge on any atom is -0.368 e. The van der Waals surface area contributed by atoms with Crippen molar-refractivity contribution in [3.05, 3.63) is 45.4 Å². The van der Waals surface area contributed by atoms with Crippen molar-refractivity contribution in [2.45, 2.75) is 6.92 Å². The third kappa shape index (κ3) is 3.37. The molecular formula is C13H11BrClF2N3. The van der Waals surface area contributed by atoms with Crippen molar-refractivity contribution in [1.29, 1.82) is 0 Å². The number of hydrogen-bond donors (Lipinski definition) is 2. The Morgan fingerprint density at radius 2 is 1.90 bits per heavy atom. The molecular weight excluding hydrogens is 352 g/mol. The average molecular weight is 363 g/mol. The minimum absolute atomic E-state index is 0.00138. The van der Waals surface area contributed by atoms with E-state index in [9.17, 15) is 8.78 Å². The molecule has 3 nitrogen and oxygen atoms in total. The Morgan fingerprint density at radius 1 is 1.20 bits per heavy atom. The molecule has 0 fully saturated rings. The summed E-state index contributed by atoms with van der Waals surface area (Å²) in [6, 6.07) is 5.78. The molecule has 1 aromatic carbocycles. The average Bonchev–Trinajstić information content (AvgIpc) is 2.38. The summed E-state index contributed by atoms with van der Waals surface area (Å²) in [6.07, 6.45) is 0. The van der Waals surface area contributed by atoms with Crippen LogP contribution >= 0.6 is 27.5 Å². The van der Waals surface area contributed by atoms with E-state index in [1.165, 1.54) is 0 Å². The molecule has 2 aromatic rings. The number of halogens is 4. The van der Waals surface area contributed by atoms with Crippen molar-refractivity contribution >= 4 is 44.9 Å². The lowest BCUT2D eigenvalue weighted by atomic mass is 10.3. The molecule has 0 aliphatic carbocycles. The van der Waals surface area contributed by atoms with Gasteiger partial charge in [0.25, 0.3) is 0 Å². The van der Waals surface area contributed by atoms with Crippen molar-refractivity contribution in [3.63, 3.8) is 0 Å². The van der Waals surface area contributed by atoms with Gasteiger partial charge < -0.3 is 10.6 Å². The highest BCUT2D eigenvalue weighted by atomic mass is 79.9. The van der Waals surface area contributed by atoms with Crippen LogP contribution in [0.1, 0.15) is 6.92 Å². The van der Waals surface area contributed by atoms with Crippen LogP contribution in [0, 0.1) is 11.6 Å². The first-order chi connectivity index (χ1) is 9.51. The predicted molar refractivity (Wildman–Crippen MR) is 80.8 cm³/mol. The van der Waals surface area contributed by atoms with Gasteiger partial charge in [-0.05, 0) is 41.1 Å². The van der Waals surface area contributed by atoms with Gasteiger partial charge in [-0.15, -0.1) is 0 Å². The maximum absolute atomic E-state index is 13.7. The number of pyridine rings is 1. The largest absolute Gasteiger partial charge is 0.368 e. The van der Waals surface area contributed by atoms with Gasteiger partial charge in [0, 0.05) is 22.1 Å². The quantitative estimate of drug-likeness (QED) is 0.808. The van der Waals surface area contributed by atoms with Crippen molar-refractivity contribution in [2.24, 2.45) is 0 Å². The molecule has 0 amide bonds. The summed E-state index contributed by atoms with van der Waals surface area (Å²) in [4.78, 5) is 3.89. The van der Waals surface area contributed by atoms with Gasteiger partial charge in [-0.2, -0.15) is 0 Å². The summed E-state index contributed by atoms with van der Waals surface area (Å²) in [5.41, 5.74) is 0.579. The first-order valence-corrected chi connectivity index (χ1v) is 7.00. The second-order valence-corrected chi connectivity index (χ2v) is 5.22. The summed E-state index contributed by atoms with van der Waals surface area (Å²) >= 11 is 9.14. The zero-order valence-corrected chi connectivity index (χ0v) is 12.8. The van der Waals surface area contributed by atoms with E-state index < -0.39 is 11.6 Å². The molecule has 1 aromatic heterocycles. The third-order valence-corrected chi connectivity index (χ3v) is 3.35. The number of anilines is 3. The summed E-state index contributed by atoms with van der Waals surface area (Å²) in [6.45, 7) is 2.28. The van der Waals surface area contributed by atoms with E-state index in [2.05, 4.69) is 31.5 Å². The van der Waals surface area contributed by atoms with Crippen LogP contribution in [0.4, 0.5) is 26.1 Å². The van der Waals surface area contributed by atoms with E-state index in [0.717, 1.165) is 6.07 Å². The zero-order valence-electron chi connectivity index (χ0n) is 10.5. The second kappa shape index (κ2) is 6.37. The molecule has 2 rings (SSSR count). The lowest BCUT2D eigenvalue weighted by Crippen LogP contribution is -2.06. The number of nitrogens with one attached hydrogen (secondary N) is 2. The topological polar surface area (TPSA) is 37.0 Å². The maximum Gasteiger partial charge on any atom is 0.169 e. The van der Waals surface area contributed by atoms with Crippen molar-refractivity contribution < 1.29 is 8.78 Å². The van der Waals surface area contributed by atoms with Gasteiger partial charge in [0.05, 0.1) is 5.69 Å². The SMILES string of the molecule is CCNc1nc(Nc2ccc(Cl)cc2Br)c(F)cc1F. The number of aromatic nitrogens is 1. The Balaban J connectivity index is 2.35. The standard InChI is InChI=1S/C13H11BrClF2N3/c1-2-18-12-9(16)6-10(17)13(20-12)19-11-4-3-7(15)5-8(11)14/h3-6H,2H2,1H3,(H2,18,19,20). The first kappa shape index (κ1) is 15.0. The van der Waals surface area contributed by atoms with Crippen molar-refractivity contribution in [1.82, 2.24) is 4.98 Å². The fourth-order valence-corrected chi connectivity index (χ4v) is 2.35. The number of nitrogens with zero attached hydrogens (tertiary/aromatic N) is 1. The monoisotopic (exact) mass is 361 g/mol. The summed E-state index contributed by atoms with van der Waals surface area (Å²) in [5.74, 6) is -1.57. The number of hydrogen-bond acceptors (Lipinski definition) is 3. The highest BCUT2D eigenvalue weighted by molar-refractivity contribution is 9.10. The van der Waals surface area contributed by atoms with E-state index in [4.69, 9.17) is 11.6 Å². The van der Waals surface area contributed by atoms with Gasteiger partial charge in [-0.25, -0.2) is 13.8 Å². The number of benzene rings is 1. The molecule has 1 heterocycles. The summed E-state index contributed by atoms with van der Waals surface area (Å²) in [7, 11) is 0. The van der Waals surface area contributed by atoms with Crippen LogP contribution in [0.2, 0.25) is 5.02 Å². The van der Waals surface area contributed by atoms with Crippen LogP contribution in [0.5, 0.6) is 0 Å². The van der Waals surface area contributed by atoms with Crippen LogP contribution in [0.25, 0.3) is 0 Å². The van der Waals surface area contributed by atoms with Gasteiger partial charge in [-0.3, -0.25) is 0 Å². The predicted octanol–water partition coefficient (Wildman–Crippen LogP) is 4.95. The van der Waals surface area contributed by atoms with Gasteiger partial charge in [-0.1, -0.05) is 11.6 Å². The fourth-order valence-electron chi connectivity index (χ4n) is 1.56. The van der Waals surface area contributed by atoms with Crippen LogP contribution in [0.3, 0.4) is 0 Å². The van der Waals surface area contributed by atoms with Crippen LogP contribution in [-0.4, -0.2) is 11.5 Å². The van der Waals surface area contributed by atoms with Crippen LogP contribution < -0.4 is 10.6 Å². The van der Waals surface area contributed by atoms with E-state index in [1.807, 2.05) is 0 Å². The Hall–Kier alpha value is -1.40. The van der Waals surface area contributed by atoms with E-state index in [0.29, 0.717) is 21.7 Å². The summed E-state index contributed by atoms with van der Waals surface area (Å²) in [5, 5.41) is 6.07. The van der Waals surface area contributed by atoms with E-state index in [-0.39, 0.29) is 11.6 Å². The fraction of sp³-hybridized carbons (Fsp3) is 0.154. The van der Waals surface area contributed by atoms with Gasteiger partial charge in [0.1, 0.15) is 0 Å². The minimum atomic E-state index is -0.772. The Labute approximate surface area is 128 Å². The Bertz CT molecular complexity index is 637. The van der Waals surface area contributed by atoms with Gasteiger partial charge in [0.15, 0.2) is 23.3 Å². The molecule has 0 bridgehead atoms. The lowest BCUT2D eigenvalue weighted by Gasteiger charge is -2.11. The molecule has 0 spiro atoms. The molecule has 0 radical (unpaired) electrons. The molecule has 2 N–H and O–H groups in total. The molecule has 0 unspecified atom stereocenters.